The zero-order chi connectivity index (χ0) is 11.1. The van der Waals surface area contributed by atoms with Crippen molar-refractivity contribution >= 4 is 6.09 Å². The molecule has 14 heavy (non-hydrogen) atoms. The number of likely N-dealkylation sites (tertiary alicyclic amines) is 1. The normalized spacial score (nSPS) is 20.4. The van der Waals surface area contributed by atoms with Crippen LogP contribution in [0, 0.1) is 0 Å². The standard InChI is InChI=1S/C11H19NO2/c1-8-7-12(11(8,5)6)9(13)14-10(2,3)4/h1,7H2,2-6H3. The third-order valence-electron chi connectivity index (χ3n) is 2.50. The largest absolute Gasteiger partial charge is 0.444 e. The summed E-state index contributed by atoms with van der Waals surface area (Å²) in [4.78, 5) is 13.4. The van der Waals surface area contributed by atoms with Crippen molar-refractivity contribution in [2.24, 2.45) is 0 Å². The van der Waals surface area contributed by atoms with Crippen molar-refractivity contribution in [3.05, 3.63) is 12.2 Å². The van der Waals surface area contributed by atoms with Crippen LogP contribution in [-0.4, -0.2) is 28.7 Å². The summed E-state index contributed by atoms with van der Waals surface area (Å²) in [5.41, 5.74) is 0.398. The number of nitrogens with zero attached hydrogens (tertiary/aromatic N) is 1. The first-order valence-electron chi connectivity index (χ1n) is 4.83. The maximum absolute atomic E-state index is 11.7. The summed E-state index contributed by atoms with van der Waals surface area (Å²) >= 11 is 0. The molecule has 1 fully saturated rings. The highest BCUT2D eigenvalue weighted by atomic mass is 16.6. The van der Waals surface area contributed by atoms with E-state index in [1.54, 1.807) is 4.90 Å². The summed E-state index contributed by atoms with van der Waals surface area (Å²) in [5.74, 6) is 0. The van der Waals surface area contributed by atoms with Crippen molar-refractivity contribution in [2.45, 2.75) is 45.8 Å². The lowest BCUT2D eigenvalue weighted by Crippen LogP contribution is -2.61. The van der Waals surface area contributed by atoms with E-state index in [-0.39, 0.29) is 11.6 Å². The van der Waals surface area contributed by atoms with Gasteiger partial charge in [0.05, 0.1) is 5.54 Å². The maximum atomic E-state index is 11.7. The molecule has 0 aromatic carbocycles. The molecule has 3 nitrogen and oxygen atoms in total. The Morgan fingerprint density at radius 2 is 2.00 bits per heavy atom. The number of rotatable bonds is 0. The summed E-state index contributed by atoms with van der Waals surface area (Å²) in [7, 11) is 0. The fourth-order valence-electron chi connectivity index (χ4n) is 1.29. The van der Waals surface area contributed by atoms with Crippen LogP contribution in [0.1, 0.15) is 34.6 Å². The van der Waals surface area contributed by atoms with Crippen LogP contribution in [0.5, 0.6) is 0 Å². The lowest BCUT2D eigenvalue weighted by molar-refractivity contribution is -0.00595. The van der Waals surface area contributed by atoms with Crippen LogP contribution < -0.4 is 0 Å². The molecule has 1 rings (SSSR count). The molecule has 0 radical (unpaired) electrons. The lowest BCUT2D eigenvalue weighted by atomic mass is 9.84. The molecule has 0 aromatic rings. The average Bonchev–Trinajstić information content (AvgIpc) is 1.96. The Hall–Kier alpha value is -0.990. The maximum Gasteiger partial charge on any atom is 0.411 e. The number of carbonyl (C=O) groups is 1. The van der Waals surface area contributed by atoms with Gasteiger partial charge in [-0.05, 0) is 40.2 Å². The summed E-state index contributed by atoms with van der Waals surface area (Å²) < 4.78 is 5.27. The number of carbonyl (C=O) groups excluding carboxylic acids is 1. The Morgan fingerprint density at radius 1 is 1.50 bits per heavy atom. The van der Waals surface area contributed by atoms with Gasteiger partial charge in [-0.3, -0.25) is 4.90 Å². The van der Waals surface area contributed by atoms with Gasteiger partial charge in [0.1, 0.15) is 5.60 Å². The molecule has 1 aliphatic rings. The zero-order valence-electron chi connectivity index (χ0n) is 9.68. The molecular weight excluding hydrogens is 178 g/mol. The van der Waals surface area contributed by atoms with Gasteiger partial charge in [-0.1, -0.05) is 6.58 Å². The fraction of sp³-hybridized carbons (Fsp3) is 0.727. The third-order valence-corrected chi connectivity index (χ3v) is 2.50. The number of ether oxygens (including phenoxy) is 1. The molecule has 1 aliphatic heterocycles. The highest BCUT2D eigenvalue weighted by Gasteiger charge is 2.44. The first-order valence-corrected chi connectivity index (χ1v) is 4.83. The molecule has 80 valence electrons. The Balaban J connectivity index is 2.61. The molecule has 1 heterocycles. The molecule has 0 aliphatic carbocycles. The Labute approximate surface area is 85.7 Å². The molecule has 1 saturated heterocycles. The molecule has 0 saturated carbocycles. The molecule has 0 spiro atoms. The van der Waals surface area contributed by atoms with E-state index in [2.05, 4.69) is 6.58 Å². The third kappa shape index (κ3) is 1.91. The summed E-state index contributed by atoms with van der Waals surface area (Å²) in [6, 6.07) is 0. The molecule has 3 heteroatoms. The number of hydrogen-bond donors (Lipinski definition) is 0. The van der Waals surface area contributed by atoms with E-state index in [1.165, 1.54) is 0 Å². The minimum absolute atomic E-state index is 0.248. The topological polar surface area (TPSA) is 29.5 Å². The van der Waals surface area contributed by atoms with Crippen LogP contribution in [0.25, 0.3) is 0 Å². The van der Waals surface area contributed by atoms with Gasteiger partial charge in [0.25, 0.3) is 0 Å². The van der Waals surface area contributed by atoms with E-state index in [0.29, 0.717) is 6.54 Å². The van der Waals surface area contributed by atoms with E-state index in [4.69, 9.17) is 4.74 Å². The summed E-state index contributed by atoms with van der Waals surface area (Å²) in [5, 5.41) is 0. The monoisotopic (exact) mass is 197 g/mol. The molecule has 0 aromatic heterocycles. The van der Waals surface area contributed by atoms with E-state index < -0.39 is 5.60 Å². The van der Waals surface area contributed by atoms with Gasteiger partial charge in [-0.25, -0.2) is 4.79 Å². The zero-order valence-corrected chi connectivity index (χ0v) is 9.68. The minimum Gasteiger partial charge on any atom is -0.444 e. The molecule has 1 amide bonds. The van der Waals surface area contributed by atoms with Crippen LogP contribution in [-0.2, 0) is 4.74 Å². The molecule has 0 N–H and O–H groups in total. The van der Waals surface area contributed by atoms with Gasteiger partial charge in [-0.2, -0.15) is 0 Å². The molecular formula is C11H19NO2. The number of hydrogen-bond acceptors (Lipinski definition) is 2. The highest BCUT2D eigenvalue weighted by molar-refractivity contribution is 5.72. The average molecular weight is 197 g/mol. The van der Waals surface area contributed by atoms with Crippen molar-refractivity contribution in [1.82, 2.24) is 4.90 Å². The lowest BCUT2D eigenvalue weighted by Gasteiger charge is -2.50. The van der Waals surface area contributed by atoms with Gasteiger partial charge in [-0.15, -0.1) is 0 Å². The molecule has 0 bridgehead atoms. The van der Waals surface area contributed by atoms with Gasteiger partial charge in [0.2, 0.25) is 0 Å². The van der Waals surface area contributed by atoms with Gasteiger partial charge in [0, 0.05) is 6.54 Å². The first-order chi connectivity index (χ1) is 6.14. The van der Waals surface area contributed by atoms with Crippen LogP contribution >= 0.6 is 0 Å². The highest BCUT2D eigenvalue weighted by Crippen LogP contribution is 2.35. The van der Waals surface area contributed by atoms with E-state index in [1.807, 2.05) is 34.6 Å². The molecule has 0 unspecified atom stereocenters. The fourth-order valence-corrected chi connectivity index (χ4v) is 1.29. The van der Waals surface area contributed by atoms with Crippen molar-refractivity contribution in [3.8, 4) is 0 Å². The Morgan fingerprint density at radius 3 is 2.29 bits per heavy atom. The second-order valence-corrected chi connectivity index (χ2v) is 5.23. The first kappa shape index (κ1) is 11.1. The smallest absolute Gasteiger partial charge is 0.411 e. The Kier molecular flexibility index (Phi) is 2.38. The van der Waals surface area contributed by atoms with Crippen molar-refractivity contribution in [2.75, 3.05) is 6.54 Å². The van der Waals surface area contributed by atoms with Crippen molar-refractivity contribution in [3.63, 3.8) is 0 Å². The predicted octanol–water partition coefficient (Wildman–Crippen LogP) is 2.57. The summed E-state index contributed by atoms with van der Waals surface area (Å²) in [6.45, 7) is 14.1. The van der Waals surface area contributed by atoms with Crippen molar-refractivity contribution < 1.29 is 9.53 Å². The van der Waals surface area contributed by atoms with Gasteiger partial charge in [0.15, 0.2) is 0 Å². The number of amides is 1. The van der Waals surface area contributed by atoms with Crippen LogP contribution in [0.4, 0.5) is 4.79 Å². The van der Waals surface area contributed by atoms with Crippen LogP contribution in [0.15, 0.2) is 12.2 Å². The SMILES string of the molecule is C=C1CN(C(=O)OC(C)(C)C)C1(C)C. The van der Waals surface area contributed by atoms with Gasteiger partial charge >= 0.3 is 6.09 Å². The second-order valence-electron chi connectivity index (χ2n) is 5.23. The predicted molar refractivity (Wildman–Crippen MR) is 56.2 cm³/mol. The van der Waals surface area contributed by atoms with Crippen LogP contribution in [0.2, 0.25) is 0 Å². The van der Waals surface area contributed by atoms with E-state index in [9.17, 15) is 4.79 Å². The van der Waals surface area contributed by atoms with E-state index >= 15 is 0 Å². The Bertz CT molecular complexity index is 274. The van der Waals surface area contributed by atoms with Crippen LogP contribution in [0.3, 0.4) is 0 Å². The second kappa shape index (κ2) is 3.01. The van der Waals surface area contributed by atoms with E-state index in [0.717, 1.165) is 5.57 Å². The minimum atomic E-state index is -0.427. The molecule has 0 atom stereocenters. The van der Waals surface area contributed by atoms with Crippen molar-refractivity contribution in [1.29, 1.82) is 0 Å². The quantitative estimate of drug-likeness (QED) is 0.558. The van der Waals surface area contributed by atoms with Gasteiger partial charge < -0.3 is 4.74 Å². The summed E-state index contributed by atoms with van der Waals surface area (Å²) in [6.07, 6.45) is -0.255.